The van der Waals surface area contributed by atoms with Crippen LogP contribution in [0, 0.1) is 0 Å². The summed E-state index contributed by atoms with van der Waals surface area (Å²) in [5, 5.41) is 11.1. The number of aliphatic imine (C=N–C) groups is 1. The number of phenolic OH excluding ortho intramolecular Hbond substituents is 1. The number of fused-ring (bicyclic) bond motifs is 1. The van der Waals surface area contributed by atoms with Crippen LogP contribution in [0.4, 0.5) is 0 Å². The molecule has 1 aromatic heterocycles. The Morgan fingerprint density at radius 3 is 2.55 bits per heavy atom. The Kier molecular flexibility index (Phi) is 5.76. The molecule has 0 aliphatic heterocycles. The third-order valence-corrected chi connectivity index (χ3v) is 5.94. The van der Waals surface area contributed by atoms with E-state index in [1.54, 1.807) is 17.4 Å². The summed E-state index contributed by atoms with van der Waals surface area (Å²) < 4.78 is 6.79. The molecule has 0 unspecified atom stereocenters. The third kappa shape index (κ3) is 4.40. The van der Waals surface area contributed by atoms with Gasteiger partial charge in [-0.3, -0.25) is 0 Å². The first-order chi connectivity index (χ1) is 14.2. The number of rotatable bonds is 7. The van der Waals surface area contributed by atoms with E-state index in [0.29, 0.717) is 18.9 Å². The number of aromatic hydroxyl groups is 1. The van der Waals surface area contributed by atoms with E-state index < -0.39 is 0 Å². The van der Waals surface area contributed by atoms with E-state index in [2.05, 4.69) is 53.8 Å². The van der Waals surface area contributed by atoms with Gasteiger partial charge < -0.3 is 9.84 Å². The van der Waals surface area contributed by atoms with Crippen molar-refractivity contribution < 1.29 is 9.84 Å². The van der Waals surface area contributed by atoms with E-state index in [-0.39, 0.29) is 0 Å². The van der Waals surface area contributed by atoms with Crippen LogP contribution in [-0.4, -0.2) is 24.1 Å². The standard InChI is InChI=1S/C25H21NO2S/c1-2-26-14-15-28-21-11-8-18(9-12-21)16-23-22-13-10-20(27)17-24(22)29-25(23)19-6-4-3-5-7-19/h3-13,17,27H,1,14-16H2. The predicted octanol–water partition coefficient (Wildman–Crippen LogP) is 6.10. The molecule has 4 heteroatoms. The van der Waals surface area contributed by atoms with Crippen molar-refractivity contribution in [1.82, 2.24) is 0 Å². The second-order valence-corrected chi connectivity index (χ2v) is 7.72. The number of hydrogen-bond acceptors (Lipinski definition) is 4. The smallest absolute Gasteiger partial charge is 0.119 e. The molecule has 0 aliphatic rings. The zero-order valence-corrected chi connectivity index (χ0v) is 16.8. The number of nitrogens with zero attached hydrogens (tertiary/aromatic N) is 1. The van der Waals surface area contributed by atoms with Crippen molar-refractivity contribution >= 4 is 27.3 Å². The van der Waals surface area contributed by atoms with E-state index in [9.17, 15) is 5.11 Å². The molecule has 0 aliphatic carbocycles. The monoisotopic (exact) mass is 399 g/mol. The molecule has 0 atom stereocenters. The summed E-state index contributed by atoms with van der Waals surface area (Å²) >= 11 is 1.72. The molecule has 1 N–H and O–H groups in total. The SMILES string of the molecule is C=C=NCCOc1ccc(Cc2c(-c3ccccc3)sc3cc(O)ccc23)cc1. The molecule has 0 amide bonds. The lowest BCUT2D eigenvalue weighted by Crippen LogP contribution is -2.00. The van der Waals surface area contributed by atoms with Gasteiger partial charge in [0.2, 0.25) is 0 Å². The minimum absolute atomic E-state index is 0.298. The first-order valence-corrected chi connectivity index (χ1v) is 10.3. The van der Waals surface area contributed by atoms with Crippen molar-refractivity contribution in [3.8, 4) is 21.9 Å². The summed E-state index contributed by atoms with van der Waals surface area (Å²) in [6, 6.07) is 24.2. The summed E-state index contributed by atoms with van der Waals surface area (Å²) in [7, 11) is 0. The minimum Gasteiger partial charge on any atom is -0.508 e. The van der Waals surface area contributed by atoms with Crippen molar-refractivity contribution in [2.75, 3.05) is 13.2 Å². The molecule has 0 saturated heterocycles. The molecule has 0 radical (unpaired) electrons. The molecule has 29 heavy (non-hydrogen) atoms. The van der Waals surface area contributed by atoms with Crippen LogP contribution in [0.25, 0.3) is 20.5 Å². The largest absolute Gasteiger partial charge is 0.508 e. The molecular formula is C25H21NO2S. The highest BCUT2D eigenvalue weighted by Gasteiger charge is 2.15. The molecule has 0 spiro atoms. The average Bonchev–Trinajstić information content (AvgIpc) is 3.10. The van der Waals surface area contributed by atoms with Gasteiger partial charge in [0.1, 0.15) is 18.1 Å². The molecule has 0 bridgehead atoms. The van der Waals surface area contributed by atoms with Crippen molar-refractivity contribution in [3.63, 3.8) is 0 Å². The van der Waals surface area contributed by atoms with Gasteiger partial charge in [-0.1, -0.05) is 42.5 Å². The number of phenols is 1. The first kappa shape index (κ1) is 19.0. The van der Waals surface area contributed by atoms with Crippen LogP contribution in [0.2, 0.25) is 0 Å². The second kappa shape index (κ2) is 8.78. The lowest BCUT2D eigenvalue weighted by molar-refractivity contribution is 0.329. The van der Waals surface area contributed by atoms with Gasteiger partial charge in [-0.2, -0.15) is 0 Å². The minimum atomic E-state index is 0.298. The Morgan fingerprint density at radius 2 is 1.79 bits per heavy atom. The molecule has 1 heterocycles. The Labute approximate surface area is 174 Å². The van der Waals surface area contributed by atoms with Gasteiger partial charge in [-0.05, 0) is 71.3 Å². The molecular weight excluding hydrogens is 378 g/mol. The zero-order chi connectivity index (χ0) is 20.1. The molecule has 0 saturated carbocycles. The zero-order valence-electron chi connectivity index (χ0n) is 16.0. The summed E-state index contributed by atoms with van der Waals surface area (Å²) in [6.45, 7) is 4.51. The van der Waals surface area contributed by atoms with Crippen LogP contribution in [0.5, 0.6) is 11.5 Å². The first-order valence-electron chi connectivity index (χ1n) is 9.45. The van der Waals surface area contributed by atoms with Gasteiger partial charge in [0.15, 0.2) is 0 Å². The molecule has 4 aromatic rings. The second-order valence-electron chi connectivity index (χ2n) is 6.67. The lowest BCUT2D eigenvalue weighted by Gasteiger charge is -2.08. The Balaban J connectivity index is 1.64. The molecule has 0 fully saturated rings. The summed E-state index contributed by atoms with van der Waals surface area (Å²) in [5.74, 6) is 3.63. The predicted molar refractivity (Wildman–Crippen MR) is 122 cm³/mol. The van der Waals surface area contributed by atoms with Gasteiger partial charge in [0.25, 0.3) is 0 Å². The fraction of sp³-hybridized carbons (Fsp3) is 0.120. The third-order valence-electron chi connectivity index (χ3n) is 4.70. The average molecular weight is 400 g/mol. The maximum absolute atomic E-state index is 9.90. The number of thiophene rings is 1. The van der Waals surface area contributed by atoms with E-state index in [1.807, 2.05) is 30.3 Å². The quantitative estimate of drug-likeness (QED) is 0.301. The highest BCUT2D eigenvalue weighted by Crippen LogP contribution is 2.41. The summed E-state index contributed by atoms with van der Waals surface area (Å²) in [4.78, 5) is 5.17. The lowest BCUT2D eigenvalue weighted by atomic mass is 9.99. The van der Waals surface area contributed by atoms with Crippen molar-refractivity contribution in [2.45, 2.75) is 6.42 Å². The van der Waals surface area contributed by atoms with Crippen molar-refractivity contribution in [1.29, 1.82) is 0 Å². The Morgan fingerprint density at radius 1 is 1.00 bits per heavy atom. The Hall–Kier alpha value is -3.33. The maximum Gasteiger partial charge on any atom is 0.119 e. The van der Waals surface area contributed by atoms with Gasteiger partial charge in [-0.15, -0.1) is 11.3 Å². The normalized spacial score (nSPS) is 10.6. The van der Waals surface area contributed by atoms with E-state index >= 15 is 0 Å². The Bertz CT molecular complexity index is 1160. The van der Waals surface area contributed by atoms with E-state index in [4.69, 9.17) is 4.74 Å². The van der Waals surface area contributed by atoms with E-state index in [0.717, 1.165) is 16.9 Å². The van der Waals surface area contributed by atoms with Gasteiger partial charge in [0, 0.05) is 9.58 Å². The fourth-order valence-corrected chi connectivity index (χ4v) is 4.59. The molecule has 3 aromatic carbocycles. The van der Waals surface area contributed by atoms with Gasteiger partial charge in [0.05, 0.1) is 6.54 Å². The summed E-state index contributed by atoms with van der Waals surface area (Å²) in [6.07, 6.45) is 0.816. The fourth-order valence-electron chi connectivity index (χ4n) is 3.33. The number of hydrogen-bond donors (Lipinski definition) is 1. The van der Waals surface area contributed by atoms with Crippen LogP contribution in [-0.2, 0) is 6.42 Å². The molecule has 4 rings (SSSR count). The van der Waals surface area contributed by atoms with Gasteiger partial charge in [-0.25, -0.2) is 4.99 Å². The van der Waals surface area contributed by atoms with Crippen LogP contribution in [0.1, 0.15) is 11.1 Å². The number of ether oxygens (including phenoxy) is 1. The van der Waals surface area contributed by atoms with Gasteiger partial charge >= 0.3 is 0 Å². The summed E-state index contributed by atoms with van der Waals surface area (Å²) in [5.41, 5.74) is 3.70. The highest BCUT2D eigenvalue weighted by molar-refractivity contribution is 7.22. The van der Waals surface area contributed by atoms with Crippen LogP contribution in [0.3, 0.4) is 0 Å². The molecule has 3 nitrogen and oxygen atoms in total. The maximum atomic E-state index is 9.90. The number of benzene rings is 3. The topological polar surface area (TPSA) is 41.8 Å². The highest BCUT2D eigenvalue weighted by atomic mass is 32.1. The van der Waals surface area contributed by atoms with Crippen molar-refractivity contribution in [3.05, 3.63) is 90.5 Å². The van der Waals surface area contributed by atoms with Crippen LogP contribution in [0.15, 0.2) is 84.4 Å². The van der Waals surface area contributed by atoms with Crippen LogP contribution >= 0.6 is 11.3 Å². The van der Waals surface area contributed by atoms with E-state index in [1.165, 1.54) is 27.0 Å². The molecule has 144 valence electrons. The van der Waals surface area contributed by atoms with Crippen molar-refractivity contribution in [2.24, 2.45) is 4.99 Å². The van der Waals surface area contributed by atoms with Crippen LogP contribution < -0.4 is 4.74 Å².